The van der Waals surface area contributed by atoms with E-state index in [-0.39, 0.29) is 35.5 Å². The Labute approximate surface area is 155 Å². The molecule has 0 saturated heterocycles. The highest BCUT2D eigenvalue weighted by Gasteiger charge is 2.24. The fourth-order valence-corrected chi connectivity index (χ4v) is 2.93. The molecule has 1 unspecified atom stereocenters. The molecule has 1 aromatic heterocycles. The number of thiazole rings is 1. The number of methoxy groups -OCH3 is 1. The molecule has 7 heteroatoms. The van der Waals surface area contributed by atoms with Crippen LogP contribution in [0.2, 0.25) is 0 Å². The van der Waals surface area contributed by atoms with Gasteiger partial charge in [-0.1, -0.05) is 20.8 Å². The quantitative estimate of drug-likeness (QED) is 0.420. The molecule has 1 rings (SSSR count). The zero-order valence-corrected chi connectivity index (χ0v) is 17.8. The molecule has 2 N–H and O–H groups in total. The van der Waals surface area contributed by atoms with Crippen LogP contribution in [0.5, 0.6) is 0 Å². The third kappa shape index (κ3) is 6.78. The first-order chi connectivity index (χ1) is 9.77. The Hall–Kier alpha value is -0.410. The van der Waals surface area contributed by atoms with Crippen LogP contribution in [0.1, 0.15) is 36.3 Å². The van der Waals surface area contributed by atoms with E-state index < -0.39 is 0 Å². The Morgan fingerprint density at radius 2 is 1.95 bits per heavy atom. The molecule has 0 aliphatic carbocycles. The van der Waals surface area contributed by atoms with Gasteiger partial charge in [-0.25, -0.2) is 4.98 Å². The summed E-state index contributed by atoms with van der Waals surface area (Å²) in [6.45, 7) is 12.0. The molecule has 1 atom stereocenters. The molecule has 22 heavy (non-hydrogen) atoms. The van der Waals surface area contributed by atoms with Crippen molar-refractivity contribution in [2.24, 2.45) is 10.4 Å². The van der Waals surface area contributed by atoms with E-state index >= 15 is 0 Å². The Morgan fingerprint density at radius 1 is 1.32 bits per heavy atom. The molecule has 128 valence electrons. The highest BCUT2D eigenvalue weighted by Crippen LogP contribution is 2.21. The minimum absolute atomic E-state index is 0. The fourth-order valence-electron chi connectivity index (χ4n) is 2.05. The van der Waals surface area contributed by atoms with Gasteiger partial charge in [-0.3, -0.25) is 4.99 Å². The molecule has 0 spiro atoms. The number of halogens is 1. The van der Waals surface area contributed by atoms with Crippen LogP contribution >= 0.6 is 35.3 Å². The van der Waals surface area contributed by atoms with Crippen molar-refractivity contribution in [3.05, 3.63) is 15.6 Å². The van der Waals surface area contributed by atoms with E-state index in [1.54, 1.807) is 25.5 Å². The summed E-state index contributed by atoms with van der Waals surface area (Å²) in [5.41, 5.74) is 1.18. The van der Waals surface area contributed by atoms with Gasteiger partial charge >= 0.3 is 0 Å². The summed E-state index contributed by atoms with van der Waals surface area (Å²) >= 11 is 1.72. The largest absolute Gasteiger partial charge is 0.379 e. The highest BCUT2D eigenvalue weighted by atomic mass is 127. The normalized spacial score (nSPS) is 13.5. The number of aromatic nitrogens is 1. The van der Waals surface area contributed by atoms with Crippen LogP contribution in [-0.2, 0) is 11.3 Å². The van der Waals surface area contributed by atoms with Crippen molar-refractivity contribution in [1.82, 2.24) is 15.6 Å². The van der Waals surface area contributed by atoms with Crippen LogP contribution in [0.15, 0.2) is 4.99 Å². The number of guanidine groups is 1. The smallest absolute Gasteiger partial charge is 0.191 e. The minimum atomic E-state index is 0. The average molecular weight is 440 g/mol. The maximum atomic E-state index is 5.54. The maximum absolute atomic E-state index is 5.54. The van der Waals surface area contributed by atoms with Gasteiger partial charge in [0, 0.05) is 25.6 Å². The zero-order chi connectivity index (χ0) is 16.0. The molecule has 5 nitrogen and oxygen atoms in total. The topological polar surface area (TPSA) is 58.5 Å². The lowest BCUT2D eigenvalue weighted by molar-refractivity contribution is 0.0205. The predicted octanol–water partition coefficient (Wildman–Crippen LogP) is 3.10. The monoisotopic (exact) mass is 440 g/mol. The van der Waals surface area contributed by atoms with Gasteiger partial charge in [0.05, 0.1) is 23.4 Å². The minimum Gasteiger partial charge on any atom is -0.379 e. The molecule has 0 fully saturated rings. The first-order valence-corrected chi connectivity index (χ1v) is 7.99. The number of ether oxygens (including phenoxy) is 1. The van der Waals surface area contributed by atoms with E-state index in [1.165, 1.54) is 4.88 Å². The lowest BCUT2D eigenvalue weighted by Gasteiger charge is -2.30. The maximum Gasteiger partial charge on any atom is 0.191 e. The number of aliphatic imine (C=N–C) groups is 1. The third-order valence-electron chi connectivity index (χ3n) is 3.34. The van der Waals surface area contributed by atoms with Crippen molar-refractivity contribution >= 4 is 41.3 Å². The summed E-state index contributed by atoms with van der Waals surface area (Å²) in [4.78, 5) is 9.93. The Bertz CT molecular complexity index is 482. The van der Waals surface area contributed by atoms with Crippen LogP contribution in [0, 0.1) is 19.3 Å². The molecule has 0 amide bonds. The van der Waals surface area contributed by atoms with Crippen molar-refractivity contribution in [3.8, 4) is 0 Å². The summed E-state index contributed by atoms with van der Waals surface area (Å²) in [5.74, 6) is 0.784. The van der Waals surface area contributed by atoms with E-state index in [4.69, 9.17) is 4.74 Å². The van der Waals surface area contributed by atoms with Crippen LogP contribution < -0.4 is 10.6 Å². The van der Waals surface area contributed by atoms with E-state index in [1.807, 2.05) is 13.8 Å². The summed E-state index contributed by atoms with van der Waals surface area (Å²) < 4.78 is 5.54. The SMILES string of the molecule is CN=C(NCc1sc(C)nc1C)NCC(OC)C(C)(C)C.I. The Morgan fingerprint density at radius 3 is 2.36 bits per heavy atom. The van der Waals surface area contributed by atoms with Crippen molar-refractivity contribution in [3.63, 3.8) is 0 Å². The molecule has 1 aromatic rings. The van der Waals surface area contributed by atoms with Crippen LogP contribution in [0.3, 0.4) is 0 Å². The lowest BCUT2D eigenvalue weighted by atomic mass is 9.89. The van der Waals surface area contributed by atoms with Crippen molar-refractivity contribution in [1.29, 1.82) is 0 Å². The molecule has 0 bridgehead atoms. The second-order valence-corrected chi connectivity index (χ2v) is 7.43. The number of nitrogens with zero attached hydrogens (tertiary/aromatic N) is 2. The first kappa shape index (κ1) is 21.6. The van der Waals surface area contributed by atoms with Gasteiger partial charge in [0.25, 0.3) is 0 Å². The van der Waals surface area contributed by atoms with E-state index in [0.29, 0.717) is 0 Å². The second-order valence-electron chi connectivity index (χ2n) is 6.14. The standard InChI is InChI=1S/C15H28N4OS.HI/c1-10-12(21-11(2)19-10)8-17-14(16-6)18-9-13(20-7)15(3,4)5;/h13H,8-9H2,1-7H3,(H2,16,17,18);1H. The molecular formula is C15H29IN4OS. The summed E-state index contributed by atoms with van der Waals surface area (Å²) in [6.07, 6.45) is 0.128. The van der Waals surface area contributed by atoms with Crippen LogP contribution in [-0.4, -0.2) is 37.7 Å². The molecule has 1 heterocycles. The van der Waals surface area contributed by atoms with Crippen molar-refractivity contribution < 1.29 is 4.74 Å². The molecule has 0 saturated carbocycles. The van der Waals surface area contributed by atoms with Gasteiger partial charge in [0.1, 0.15) is 0 Å². The van der Waals surface area contributed by atoms with Gasteiger partial charge in [-0.2, -0.15) is 0 Å². The zero-order valence-electron chi connectivity index (χ0n) is 14.6. The number of nitrogens with one attached hydrogen (secondary N) is 2. The average Bonchev–Trinajstić information content (AvgIpc) is 2.70. The van der Waals surface area contributed by atoms with Crippen LogP contribution in [0.4, 0.5) is 0 Å². The molecular weight excluding hydrogens is 411 g/mol. The molecule has 0 aliphatic heterocycles. The molecule has 0 aromatic carbocycles. The van der Waals surface area contributed by atoms with Crippen LogP contribution in [0.25, 0.3) is 0 Å². The number of hydrogen-bond acceptors (Lipinski definition) is 4. The van der Waals surface area contributed by atoms with Gasteiger partial charge in [0.2, 0.25) is 0 Å². The Balaban J connectivity index is 0.00000441. The highest BCUT2D eigenvalue weighted by molar-refractivity contribution is 14.0. The summed E-state index contributed by atoms with van der Waals surface area (Å²) in [5, 5.41) is 7.74. The fraction of sp³-hybridized carbons (Fsp3) is 0.733. The number of aryl methyl sites for hydroxylation is 2. The molecule has 0 aliphatic rings. The third-order valence-corrected chi connectivity index (χ3v) is 4.42. The van der Waals surface area contributed by atoms with Gasteiger partial charge in [-0.15, -0.1) is 35.3 Å². The van der Waals surface area contributed by atoms with Gasteiger partial charge in [0.15, 0.2) is 5.96 Å². The van der Waals surface area contributed by atoms with E-state index in [2.05, 4.69) is 41.4 Å². The second kappa shape index (κ2) is 9.67. The van der Waals surface area contributed by atoms with Crippen molar-refractivity contribution in [2.75, 3.05) is 20.7 Å². The van der Waals surface area contributed by atoms with E-state index in [9.17, 15) is 0 Å². The first-order valence-electron chi connectivity index (χ1n) is 7.18. The van der Waals surface area contributed by atoms with E-state index in [0.717, 1.165) is 29.8 Å². The number of rotatable bonds is 5. The summed E-state index contributed by atoms with van der Waals surface area (Å²) in [6, 6.07) is 0. The lowest BCUT2D eigenvalue weighted by Crippen LogP contribution is -2.45. The van der Waals surface area contributed by atoms with Gasteiger partial charge in [-0.05, 0) is 19.3 Å². The number of hydrogen-bond donors (Lipinski definition) is 2. The molecule has 0 radical (unpaired) electrons. The summed E-state index contributed by atoms with van der Waals surface area (Å²) in [7, 11) is 3.52. The van der Waals surface area contributed by atoms with Gasteiger partial charge < -0.3 is 15.4 Å². The predicted molar refractivity (Wildman–Crippen MR) is 105 cm³/mol. The van der Waals surface area contributed by atoms with Crippen molar-refractivity contribution in [2.45, 2.75) is 47.3 Å². The Kier molecular flexibility index (Phi) is 9.49.